The van der Waals surface area contributed by atoms with Crippen molar-refractivity contribution < 1.29 is 26.4 Å². The van der Waals surface area contributed by atoms with E-state index < -0.39 is 39.3 Å². The van der Waals surface area contributed by atoms with E-state index in [0.29, 0.717) is 11.8 Å². The molecule has 3 aromatic rings. The second kappa shape index (κ2) is 8.34. The molecule has 1 heterocycles. The predicted molar refractivity (Wildman–Crippen MR) is 115 cm³/mol. The second-order valence-corrected chi connectivity index (χ2v) is 9.62. The average Bonchev–Trinajstić information content (AvgIpc) is 3.46. The summed E-state index contributed by atoms with van der Waals surface area (Å²) in [5.74, 6) is -1.89. The topological polar surface area (TPSA) is 101 Å². The Labute approximate surface area is 183 Å². The summed E-state index contributed by atoms with van der Waals surface area (Å²) in [7, 11) is -3.85. The van der Waals surface area contributed by atoms with Crippen LogP contribution < -0.4 is 10.0 Å². The zero-order chi connectivity index (χ0) is 23.0. The van der Waals surface area contributed by atoms with Crippen molar-refractivity contribution in [2.45, 2.75) is 31.7 Å². The molecule has 1 fully saturated rings. The summed E-state index contributed by atoms with van der Waals surface area (Å²) in [5, 5.41) is 2.61. The molecule has 1 amide bonds. The van der Waals surface area contributed by atoms with Crippen molar-refractivity contribution in [2.75, 3.05) is 11.0 Å². The number of carbonyl (C=O) groups is 1. The average molecular weight is 461 g/mol. The molecule has 1 aliphatic rings. The number of carbonyl (C=O) groups excluding carboxylic acids is 1. The maximum Gasteiger partial charge on any atom is 0.273 e. The van der Waals surface area contributed by atoms with E-state index in [9.17, 15) is 22.0 Å². The number of benzene rings is 2. The molecule has 1 unspecified atom stereocenters. The maximum atomic E-state index is 14.2. The molecule has 0 bridgehead atoms. The van der Waals surface area contributed by atoms with Gasteiger partial charge in [0, 0.05) is 5.56 Å². The van der Waals surface area contributed by atoms with Gasteiger partial charge in [-0.2, -0.15) is 0 Å². The molecule has 32 heavy (non-hydrogen) atoms. The minimum atomic E-state index is -3.85. The van der Waals surface area contributed by atoms with E-state index in [1.807, 2.05) is 24.3 Å². The number of anilines is 1. The molecule has 0 spiro atoms. The van der Waals surface area contributed by atoms with Crippen LogP contribution in [0.4, 0.5) is 14.5 Å². The molecule has 2 aromatic carbocycles. The summed E-state index contributed by atoms with van der Waals surface area (Å²) in [5.41, 5.74) is 1.34. The van der Waals surface area contributed by atoms with Gasteiger partial charge in [-0.05, 0) is 61.1 Å². The molecule has 1 aliphatic carbocycles. The highest BCUT2D eigenvalue weighted by Gasteiger charge is 2.24. The van der Waals surface area contributed by atoms with Crippen molar-refractivity contribution in [1.82, 2.24) is 10.3 Å². The minimum absolute atomic E-state index is 0.0278. The third kappa shape index (κ3) is 4.96. The highest BCUT2D eigenvalue weighted by Crippen LogP contribution is 2.41. The molecule has 168 valence electrons. The molecule has 1 aromatic heterocycles. The second-order valence-electron chi connectivity index (χ2n) is 7.87. The molecule has 0 aliphatic heterocycles. The highest BCUT2D eigenvalue weighted by atomic mass is 32.2. The Bertz CT molecular complexity index is 1260. The van der Waals surface area contributed by atoms with Crippen LogP contribution in [0.3, 0.4) is 0 Å². The molecule has 2 N–H and O–H groups in total. The van der Waals surface area contributed by atoms with Gasteiger partial charge in [0.1, 0.15) is 12.0 Å². The van der Waals surface area contributed by atoms with E-state index in [1.165, 1.54) is 18.8 Å². The standard InChI is InChI=1S/C22H21F2N3O4S/c1-12(16-9-17(23)20(18(24)10-16)27-32(2,29)30)25-21(28)19-11-31-22(26-19)15-5-3-4-14(8-15)13-6-7-13/h3-5,8-13,27H,6-7H2,1-2H3,(H,25,28). The Balaban J connectivity index is 1.48. The summed E-state index contributed by atoms with van der Waals surface area (Å²) in [6.07, 6.45) is 4.33. The molecule has 7 nitrogen and oxygen atoms in total. The van der Waals surface area contributed by atoms with Crippen LogP contribution in [0.2, 0.25) is 0 Å². The first-order valence-corrected chi connectivity index (χ1v) is 11.8. The molecule has 10 heteroatoms. The fourth-order valence-corrected chi connectivity index (χ4v) is 3.90. The SMILES string of the molecule is CC(NC(=O)c1coc(-c2cccc(C3CC3)c2)n1)c1cc(F)c(NS(C)(=O)=O)c(F)c1. The Morgan fingerprint density at radius 1 is 1.19 bits per heavy atom. The van der Waals surface area contributed by atoms with Crippen LogP contribution in [0.15, 0.2) is 47.1 Å². The van der Waals surface area contributed by atoms with E-state index in [2.05, 4.69) is 10.3 Å². The summed E-state index contributed by atoms with van der Waals surface area (Å²) in [6.45, 7) is 1.54. The Morgan fingerprint density at radius 2 is 1.88 bits per heavy atom. The third-order valence-electron chi connectivity index (χ3n) is 5.12. The van der Waals surface area contributed by atoms with E-state index in [4.69, 9.17) is 4.42 Å². The van der Waals surface area contributed by atoms with Gasteiger partial charge in [0.15, 0.2) is 17.3 Å². The molecule has 1 atom stereocenters. The van der Waals surface area contributed by atoms with Gasteiger partial charge < -0.3 is 9.73 Å². The van der Waals surface area contributed by atoms with Crippen LogP contribution in [0.5, 0.6) is 0 Å². The first kappa shape index (κ1) is 21.9. The van der Waals surface area contributed by atoms with E-state index in [-0.39, 0.29) is 11.3 Å². The van der Waals surface area contributed by atoms with Crippen LogP contribution in [-0.4, -0.2) is 25.6 Å². The number of rotatable bonds is 7. The first-order valence-electron chi connectivity index (χ1n) is 9.94. The lowest BCUT2D eigenvalue weighted by Gasteiger charge is -2.15. The van der Waals surface area contributed by atoms with E-state index in [0.717, 1.165) is 36.8 Å². The van der Waals surface area contributed by atoms with Gasteiger partial charge in [-0.15, -0.1) is 0 Å². The Hall–Kier alpha value is -3.27. The van der Waals surface area contributed by atoms with Crippen molar-refractivity contribution in [3.63, 3.8) is 0 Å². The summed E-state index contributed by atoms with van der Waals surface area (Å²) in [6, 6.07) is 8.94. The number of nitrogens with one attached hydrogen (secondary N) is 2. The van der Waals surface area contributed by atoms with Crippen LogP contribution in [0.1, 0.15) is 53.3 Å². The van der Waals surface area contributed by atoms with Crippen molar-refractivity contribution in [3.8, 4) is 11.5 Å². The lowest BCUT2D eigenvalue weighted by Crippen LogP contribution is -2.27. The summed E-state index contributed by atoms with van der Waals surface area (Å²) < 4.78 is 58.3. The summed E-state index contributed by atoms with van der Waals surface area (Å²) >= 11 is 0. The fraction of sp³-hybridized carbons (Fsp3) is 0.273. The third-order valence-corrected chi connectivity index (χ3v) is 5.69. The van der Waals surface area contributed by atoms with Crippen molar-refractivity contribution >= 4 is 21.6 Å². The van der Waals surface area contributed by atoms with Crippen LogP contribution in [-0.2, 0) is 10.0 Å². The predicted octanol–water partition coefficient (Wildman–Crippen LogP) is 4.36. The van der Waals surface area contributed by atoms with Gasteiger partial charge in [0.05, 0.1) is 12.3 Å². The maximum absolute atomic E-state index is 14.2. The minimum Gasteiger partial charge on any atom is -0.444 e. The number of sulfonamides is 1. The molecule has 0 radical (unpaired) electrons. The number of hydrogen-bond donors (Lipinski definition) is 2. The lowest BCUT2D eigenvalue weighted by atomic mass is 10.1. The van der Waals surface area contributed by atoms with Crippen molar-refractivity contribution in [3.05, 3.63) is 71.1 Å². The molecule has 4 rings (SSSR count). The number of nitrogens with zero attached hydrogens (tertiary/aromatic N) is 1. The van der Waals surface area contributed by atoms with E-state index in [1.54, 1.807) is 4.72 Å². The Morgan fingerprint density at radius 3 is 2.50 bits per heavy atom. The Kier molecular flexibility index (Phi) is 5.72. The monoisotopic (exact) mass is 461 g/mol. The largest absolute Gasteiger partial charge is 0.444 e. The van der Waals surface area contributed by atoms with Crippen LogP contribution >= 0.6 is 0 Å². The van der Waals surface area contributed by atoms with Gasteiger partial charge in [0.2, 0.25) is 15.9 Å². The first-order chi connectivity index (χ1) is 15.1. The van der Waals surface area contributed by atoms with E-state index >= 15 is 0 Å². The molecular formula is C22H21F2N3O4S. The number of aromatic nitrogens is 1. The van der Waals surface area contributed by atoms with Crippen molar-refractivity contribution in [1.29, 1.82) is 0 Å². The fourth-order valence-electron chi connectivity index (χ4n) is 3.33. The smallest absolute Gasteiger partial charge is 0.273 e. The number of amides is 1. The van der Waals surface area contributed by atoms with Crippen molar-refractivity contribution in [2.24, 2.45) is 0 Å². The van der Waals surface area contributed by atoms with Gasteiger partial charge in [-0.1, -0.05) is 12.1 Å². The lowest BCUT2D eigenvalue weighted by molar-refractivity contribution is 0.0934. The van der Waals surface area contributed by atoms with Crippen LogP contribution in [0, 0.1) is 11.6 Å². The van der Waals surface area contributed by atoms with Crippen LogP contribution in [0.25, 0.3) is 11.5 Å². The molecule has 0 saturated heterocycles. The molecular weight excluding hydrogens is 440 g/mol. The number of halogens is 2. The number of hydrogen-bond acceptors (Lipinski definition) is 5. The van der Waals surface area contributed by atoms with Gasteiger partial charge in [-0.3, -0.25) is 9.52 Å². The normalized spacial score (nSPS) is 14.8. The van der Waals surface area contributed by atoms with Gasteiger partial charge >= 0.3 is 0 Å². The number of oxazole rings is 1. The zero-order valence-corrected chi connectivity index (χ0v) is 18.2. The van der Waals surface area contributed by atoms with Gasteiger partial charge in [-0.25, -0.2) is 22.2 Å². The highest BCUT2D eigenvalue weighted by molar-refractivity contribution is 7.92. The quantitative estimate of drug-likeness (QED) is 0.544. The van der Waals surface area contributed by atoms with Gasteiger partial charge in [0.25, 0.3) is 5.91 Å². The zero-order valence-electron chi connectivity index (χ0n) is 17.4. The summed E-state index contributed by atoms with van der Waals surface area (Å²) in [4.78, 5) is 16.8. The molecule has 1 saturated carbocycles.